The van der Waals surface area contributed by atoms with Gasteiger partial charge in [-0.15, -0.1) is 24.0 Å². The number of guanidine groups is 1. The quantitative estimate of drug-likeness (QED) is 0.305. The summed E-state index contributed by atoms with van der Waals surface area (Å²) in [5, 5.41) is 6.60. The molecule has 7 nitrogen and oxygen atoms in total. The highest BCUT2D eigenvalue weighted by Gasteiger charge is 2.32. The number of carbonyl (C=O) groups is 2. The van der Waals surface area contributed by atoms with Crippen LogP contribution in [0.15, 0.2) is 4.99 Å². The van der Waals surface area contributed by atoms with Crippen molar-refractivity contribution in [3.63, 3.8) is 0 Å². The molecule has 1 saturated carbocycles. The SMILES string of the molecule is CCNC(=NCC(C)(C)C(N)=O)NC1CCN(C(=O)C2CCCC2)C1.I. The van der Waals surface area contributed by atoms with Crippen LogP contribution in [0.1, 0.15) is 52.9 Å². The van der Waals surface area contributed by atoms with Crippen LogP contribution in [0.3, 0.4) is 0 Å². The molecule has 2 aliphatic rings. The van der Waals surface area contributed by atoms with Crippen LogP contribution in [-0.4, -0.2) is 54.9 Å². The number of hydrogen-bond acceptors (Lipinski definition) is 3. The van der Waals surface area contributed by atoms with Crippen molar-refractivity contribution >= 4 is 41.8 Å². The molecular formula is C18H34IN5O2. The number of hydrogen-bond donors (Lipinski definition) is 3. The van der Waals surface area contributed by atoms with Gasteiger partial charge in [0.1, 0.15) is 0 Å². The molecule has 0 radical (unpaired) electrons. The molecule has 0 spiro atoms. The van der Waals surface area contributed by atoms with Gasteiger partial charge in [-0.1, -0.05) is 12.8 Å². The number of carbonyl (C=O) groups excluding carboxylic acids is 2. The Morgan fingerprint density at radius 3 is 2.46 bits per heavy atom. The van der Waals surface area contributed by atoms with Crippen molar-refractivity contribution < 1.29 is 9.59 Å². The maximum absolute atomic E-state index is 12.5. The second-order valence-electron chi connectivity index (χ2n) is 7.84. The van der Waals surface area contributed by atoms with Crippen LogP contribution in [0.4, 0.5) is 0 Å². The third kappa shape index (κ3) is 6.28. The largest absolute Gasteiger partial charge is 0.369 e. The molecule has 8 heteroatoms. The molecule has 4 N–H and O–H groups in total. The average Bonchev–Trinajstić information content (AvgIpc) is 3.24. The molecule has 26 heavy (non-hydrogen) atoms. The van der Waals surface area contributed by atoms with Crippen molar-refractivity contribution in [2.45, 2.75) is 58.9 Å². The molecule has 0 aromatic carbocycles. The zero-order valence-electron chi connectivity index (χ0n) is 16.2. The fourth-order valence-corrected chi connectivity index (χ4v) is 3.38. The Labute approximate surface area is 173 Å². The van der Waals surface area contributed by atoms with E-state index in [4.69, 9.17) is 5.73 Å². The second kappa shape index (κ2) is 10.3. The Hall–Kier alpha value is -1.06. The lowest BCUT2D eigenvalue weighted by molar-refractivity contribution is -0.134. The molecule has 1 heterocycles. The summed E-state index contributed by atoms with van der Waals surface area (Å²) in [5.41, 5.74) is 4.73. The fraction of sp³-hybridized carbons (Fsp3) is 0.833. The van der Waals surface area contributed by atoms with E-state index in [1.54, 1.807) is 13.8 Å². The predicted octanol–water partition coefficient (Wildman–Crippen LogP) is 1.46. The Kier molecular flexibility index (Phi) is 9.12. The van der Waals surface area contributed by atoms with E-state index in [0.717, 1.165) is 38.9 Å². The van der Waals surface area contributed by atoms with Crippen LogP contribution in [0.25, 0.3) is 0 Å². The van der Waals surface area contributed by atoms with E-state index in [9.17, 15) is 9.59 Å². The summed E-state index contributed by atoms with van der Waals surface area (Å²) < 4.78 is 0. The van der Waals surface area contributed by atoms with E-state index in [1.165, 1.54) is 12.8 Å². The van der Waals surface area contributed by atoms with Gasteiger partial charge in [0, 0.05) is 31.6 Å². The van der Waals surface area contributed by atoms with E-state index in [0.29, 0.717) is 18.4 Å². The first-order valence-corrected chi connectivity index (χ1v) is 9.47. The molecule has 2 amide bonds. The van der Waals surface area contributed by atoms with Crippen molar-refractivity contribution in [2.24, 2.45) is 22.1 Å². The zero-order chi connectivity index (χ0) is 18.4. The van der Waals surface area contributed by atoms with Crippen LogP contribution in [-0.2, 0) is 9.59 Å². The summed E-state index contributed by atoms with van der Waals surface area (Å²) in [6.07, 6.45) is 5.36. The summed E-state index contributed by atoms with van der Waals surface area (Å²) in [4.78, 5) is 30.5. The lowest BCUT2D eigenvalue weighted by Crippen LogP contribution is -2.46. The predicted molar refractivity (Wildman–Crippen MR) is 114 cm³/mol. The van der Waals surface area contributed by atoms with Crippen molar-refractivity contribution in [3.05, 3.63) is 0 Å². The number of aliphatic imine (C=N–C) groups is 1. The van der Waals surface area contributed by atoms with Gasteiger partial charge in [0.05, 0.1) is 12.0 Å². The Bertz CT molecular complexity index is 518. The lowest BCUT2D eigenvalue weighted by atomic mass is 9.93. The molecule has 2 fully saturated rings. The van der Waals surface area contributed by atoms with Crippen LogP contribution < -0.4 is 16.4 Å². The standard InChI is InChI=1S/C18H33N5O2.HI/c1-4-20-17(21-12-18(2,3)16(19)25)22-14-9-10-23(11-14)15(24)13-7-5-6-8-13;/h13-14H,4-12H2,1-3H3,(H2,19,25)(H2,20,21,22);1H. The highest BCUT2D eigenvalue weighted by atomic mass is 127. The summed E-state index contributed by atoms with van der Waals surface area (Å²) >= 11 is 0. The van der Waals surface area contributed by atoms with Gasteiger partial charge in [-0.2, -0.15) is 0 Å². The fourth-order valence-electron chi connectivity index (χ4n) is 3.38. The highest BCUT2D eigenvalue weighted by Crippen LogP contribution is 2.27. The van der Waals surface area contributed by atoms with Gasteiger partial charge >= 0.3 is 0 Å². The van der Waals surface area contributed by atoms with Gasteiger partial charge < -0.3 is 21.3 Å². The zero-order valence-corrected chi connectivity index (χ0v) is 18.5. The number of nitrogens with zero attached hydrogens (tertiary/aromatic N) is 2. The molecule has 1 saturated heterocycles. The van der Waals surface area contributed by atoms with Crippen molar-refractivity contribution in [2.75, 3.05) is 26.2 Å². The Morgan fingerprint density at radius 1 is 1.23 bits per heavy atom. The number of rotatable bonds is 6. The maximum atomic E-state index is 12.5. The monoisotopic (exact) mass is 479 g/mol. The highest BCUT2D eigenvalue weighted by molar-refractivity contribution is 14.0. The minimum atomic E-state index is -0.678. The van der Waals surface area contributed by atoms with E-state index in [2.05, 4.69) is 15.6 Å². The van der Waals surface area contributed by atoms with E-state index in [-0.39, 0.29) is 41.8 Å². The van der Waals surface area contributed by atoms with E-state index < -0.39 is 5.41 Å². The molecule has 0 aromatic rings. The van der Waals surface area contributed by atoms with Crippen molar-refractivity contribution in [3.8, 4) is 0 Å². The first kappa shape index (κ1) is 23.0. The third-order valence-corrected chi connectivity index (χ3v) is 5.19. The Balaban J connectivity index is 0.00000338. The number of amides is 2. The number of halogens is 1. The molecule has 2 rings (SSSR count). The van der Waals surface area contributed by atoms with E-state index >= 15 is 0 Å². The number of primary amides is 1. The molecule has 1 unspecified atom stereocenters. The lowest BCUT2D eigenvalue weighted by Gasteiger charge is -2.22. The summed E-state index contributed by atoms with van der Waals surface area (Å²) in [5.74, 6) is 0.869. The number of nitrogens with one attached hydrogen (secondary N) is 2. The number of nitrogens with two attached hydrogens (primary N) is 1. The van der Waals surface area contributed by atoms with Crippen LogP contribution in [0.2, 0.25) is 0 Å². The second-order valence-corrected chi connectivity index (χ2v) is 7.84. The van der Waals surface area contributed by atoms with Gasteiger partial charge in [-0.25, -0.2) is 0 Å². The van der Waals surface area contributed by atoms with Crippen LogP contribution in [0, 0.1) is 11.3 Å². The summed E-state index contributed by atoms with van der Waals surface area (Å²) in [7, 11) is 0. The molecule has 150 valence electrons. The van der Waals surface area contributed by atoms with Crippen LogP contribution in [0.5, 0.6) is 0 Å². The van der Waals surface area contributed by atoms with Crippen molar-refractivity contribution in [1.82, 2.24) is 15.5 Å². The molecule has 0 bridgehead atoms. The maximum Gasteiger partial charge on any atom is 0.225 e. The van der Waals surface area contributed by atoms with Gasteiger partial charge in [0.2, 0.25) is 11.8 Å². The van der Waals surface area contributed by atoms with Gasteiger partial charge in [-0.3, -0.25) is 14.6 Å². The first-order valence-electron chi connectivity index (χ1n) is 9.47. The smallest absolute Gasteiger partial charge is 0.225 e. The molecular weight excluding hydrogens is 445 g/mol. The molecule has 1 aliphatic heterocycles. The first-order chi connectivity index (χ1) is 11.8. The third-order valence-electron chi connectivity index (χ3n) is 5.19. The molecule has 0 aromatic heterocycles. The molecule has 1 atom stereocenters. The van der Waals surface area contributed by atoms with Gasteiger partial charge in [0.25, 0.3) is 0 Å². The van der Waals surface area contributed by atoms with Gasteiger partial charge in [0.15, 0.2) is 5.96 Å². The van der Waals surface area contributed by atoms with Crippen LogP contribution >= 0.6 is 24.0 Å². The van der Waals surface area contributed by atoms with E-state index in [1.807, 2.05) is 11.8 Å². The van der Waals surface area contributed by atoms with Gasteiger partial charge in [-0.05, 0) is 40.0 Å². The average molecular weight is 479 g/mol. The number of likely N-dealkylation sites (tertiary alicyclic amines) is 1. The normalized spacial score (nSPS) is 21.4. The molecule has 1 aliphatic carbocycles. The summed E-state index contributed by atoms with van der Waals surface area (Å²) in [6.45, 7) is 8.18. The Morgan fingerprint density at radius 2 is 1.88 bits per heavy atom. The summed E-state index contributed by atoms with van der Waals surface area (Å²) in [6, 6.07) is 0.194. The van der Waals surface area contributed by atoms with Crippen molar-refractivity contribution in [1.29, 1.82) is 0 Å². The minimum Gasteiger partial charge on any atom is -0.369 e. The topological polar surface area (TPSA) is 99.8 Å². The minimum absolute atomic E-state index is 0.